The SMILES string of the molecule is CNC(C(=O)N(C)C=N)(c1ccccc1)c1cc(Br)ccc1F. The third kappa shape index (κ3) is 3.04. The van der Waals surface area contributed by atoms with Crippen LogP contribution in [0.5, 0.6) is 0 Å². The van der Waals surface area contributed by atoms with E-state index < -0.39 is 17.3 Å². The molecule has 2 N–H and O–H groups in total. The van der Waals surface area contributed by atoms with E-state index in [0.717, 1.165) is 11.2 Å². The second-order valence-electron chi connectivity index (χ2n) is 5.04. The van der Waals surface area contributed by atoms with Crippen LogP contribution in [0.1, 0.15) is 11.1 Å². The van der Waals surface area contributed by atoms with Crippen molar-refractivity contribution in [3.63, 3.8) is 0 Å². The lowest BCUT2D eigenvalue weighted by Crippen LogP contribution is -2.54. The standard InChI is InChI=1S/C17H17BrFN3O/c1-21-17(16(23)22(2)11-20,12-6-4-3-5-7-12)14-10-13(18)8-9-15(14)19/h3-11,20-21H,1-2H3. The van der Waals surface area contributed by atoms with Gasteiger partial charge in [0.25, 0.3) is 5.91 Å². The number of benzene rings is 2. The summed E-state index contributed by atoms with van der Waals surface area (Å²) in [6.07, 6.45) is 0.910. The van der Waals surface area contributed by atoms with E-state index in [9.17, 15) is 9.18 Å². The summed E-state index contributed by atoms with van der Waals surface area (Å²) in [4.78, 5) is 14.2. The van der Waals surface area contributed by atoms with Gasteiger partial charge in [0.1, 0.15) is 5.82 Å². The summed E-state index contributed by atoms with van der Waals surface area (Å²) < 4.78 is 15.2. The number of hydrogen-bond acceptors (Lipinski definition) is 3. The summed E-state index contributed by atoms with van der Waals surface area (Å²) in [5.74, 6) is -0.948. The van der Waals surface area contributed by atoms with Crippen LogP contribution < -0.4 is 5.32 Å². The molecular formula is C17H17BrFN3O. The van der Waals surface area contributed by atoms with E-state index in [1.165, 1.54) is 13.1 Å². The minimum absolute atomic E-state index is 0.194. The van der Waals surface area contributed by atoms with Crippen LogP contribution >= 0.6 is 15.9 Å². The normalized spacial score (nSPS) is 13.2. The summed E-state index contributed by atoms with van der Waals surface area (Å²) in [6, 6.07) is 13.4. The highest BCUT2D eigenvalue weighted by atomic mass is 79.9. The Morgan fingerprint density at radius 1 is 1.30 bits per heavy atom. The maximum Gasteiger partial charge on any atom is 0.257 e. The topological polar surface area (TPSA) is 56.2 Å². The fourth-order valence-corrected chi connectivity index (χ4v) is 2.94. The molecule has 0 aliphatic carbocycles. The van der Waals surface area contributed by atoms with Gasteiger partial charge in [0.2, 0.25) is 0 Å². The second kappa shape index (κ2) is 7.02. The monoisotopic (exact) mass is 377 g/mol. The predicted molar refractivity (Wildman–Crippen MR) is 91.9 cm³/mol. The lowest BCUT2D eigenvalue weighted by molar-refractivity contribution is -0.131. The smallest absolute Gasteiger partial charge is 0.257 e. The van der Waals surface area contributed by atoms with Crippen molar-refractivity contribution >= 4 is 28.2 Å². The van der Waals surface area contributed by atoms with Crippen LogP contribution in [-0.4, -0.2) is 31.2 Å². The van der Waals surface area contributed by atoms with E-state index in [2.05, 4.69) is 21.2 Å². The molecule has 0 bridgehead atoms. The van der Waals surface area contributed by atoms with Gasteiger partial charge in [0.15, 0.2) is 5.54 Å². The molecule has 0 radical (unpaired) electrons. The summed E-state index contributed by atoms with van der Waals surface area (Å²) in [5.41, 5.74) is -0.640. The number of nitrogens with zero attached hydrogens (tertiary/aromatic N) is 1. The molecule has 2 aromatic rings. The van der Waals surface area contributed by atoms with E-state index >= 15 is 0 Å². The van der Waals surface area contributed by atoms with Crippen molar-refractivity contribution in [2.75, 3.05) is 14.1 Å². The van der Waals surface area contributed by atoms with Crippen molar-refractivity contribution < 1.29 is 9.18 Å². The number of hydrogen-bond donors (Lipinski definition) is 2. The molecular weight excluding hydrogens is 361 g/mol. The number of nitrogens with one attached hydrogen (secondary N) is 2. The Labute approximate surface area is 143 Å². The quantitative estimate of drug-likeness (QED) is 0.621. The first-order valence-corrected chi connectivity index (χ1v) is 7.74. The van der Waals surface area contributed by atoms with Crippen LogP contribution in [0.4, 0.5) is 4.39 Å². The van der Waals surface area contributed by atoms with Gasteiger partial charge in [-0.2, -0.15) is 0 Å². The van der Waals surface area contributed by atoms with Crippen LogP contribution in [0.25, 0.3) is 0 Å². The lowest BCUT2D eigenvalue weighted by atomic mass is 9.81. The molecule has 0 aliphatic rings. The van der Waals surface area contributed by atoms with Gasteiger partial charge in [-0.3, -0.25) is 15.5 Å². The molecule has 0 heterocycles. The third-order valence-corrected chi connectivity index (χ3v) is 4.24. The number of carbonyl (C=O) groups is 1. The minimum Gasteiger partial charge on any atom is -0.304 e. The molecule has 120 valence electrons. The number of likely N-dealkylation sites (N-methyl/N-ethyl adjacent to an activating group) is 2. The Kier molecular flexibility index (Phi) is 5.28. The average Bonchev–Trinajstić information content (AvgIpc) is 2.59. The van der Waals surface area contributed by atoms with Crippen molar-refractivity contribution in [3.8, 4) is 0 Å². The molecule has 4 nitrogen and oxygen atoms in total. The Morgan fingerprint density at radius 2 is 1.96 bits per heavy atom. The summed E-state index contributed by atoms with van der Waals surface area (Å²) in [5, 5.41) is 10.3. The molecule has 0 aliphatic heterocycles. The van der Waals surface area contributed by atoms with Crippen LogP contribution in [0.3, 0.4) is 0 Å². The molecule has 0 saturated heterocycles. The predicted octanol–water partition coefficient (Wildman–Crippen LogP) is 3.12. The molecule has 0 fully saturated rings. The maximum absolute atomic E-state index is 14.6. The Bertz CT molecular complexity index is 723. The Balaban J connectivity index is 2.80. The van der Waals surface area contributed by atoms with Gasteiger partial charge in [-0.25, -0.2) is 4.39 Å². The highest BCUT2D eigenvalue weighted by Gasteiger charge is 2.44. The first-order valence-electron chi connectivity index (χ1n) is 6.95. The van der Waals surface area contributed by atoms with Crippen LogP contribution in [0.2, 0.25) is 0 Å². The highest BCUT2D eigenvalue weighted by molar-refractivity contribution is 9.10. The largest absolute Gasteiger partial charge is 0.304 e. The first kappa shape index (κ1) is 17.3. The van der Waals surface area contributed by atoms with E-state index in [1.807, 2.05) is 6.07 Å². The Morgan fingerprint density at radius 3 is 2.52 bits per heavy atom. The highest BCUT2D eigenvalue weighted by Crippen LogP contribution is 2.34. The summed E-state index contributed by atoms with van der Waals surface area (Å²) in [7, 11) is 3.07. The zero-order chi connectivity index (χ0) is 17.0. The van der Waals surface area contributed by atoms with Gasteiger partial charge in [-0.15, -0.1) is 0 Å². The van der Waals surface area contributed by atoms with Crippen molar-refractivity contribution in [1.82, 2.24) is 10.2 Å². The molecule has 0 saturated carbocycles. The summed E-state index contributed by atoms with van der Waals surface area (Å²) >= 11 is 3.33. The van der Waals surface area contributed by atoms with Gasteiger partial charge in [0, 0.05) is 17.1 Å². The molecule has 2 aromatic carbocycles. The second-order valence-corrected chi connectivity index (χ2v) is 5.95. The first-order chi connectivity index (χ1) is 11.0. The molecule has 1 atom stereocenters. The fraction of sp³-hybridized carbons (Fsp3) is 0.176. The molecule has 0 spiro atoms. The zero-order valence-electron chi connectivity index (χ0n) is 12.8. The lowest BCUT2D eigenvalue weighted by Gasteiger charge is -2.35. The van der Waals surface area contributed by atoms with Crippen molar-refractivity contribution in [3.05, 3.63) is 69.9 Å². The number of amides is 1. The number of rotatable bonds is 5. The molecule has 0 aromatic heterocycles. The fourth-order valence-electron chi connectivity index (χ4n) is 2.58. The van der Waals surface area contributed by atoms with Gasteiger partial charge in [-0.1, -0.05) is 46.3 Å². The summed E-state index contributed by atoms with van der Waals surface area (Å²) in [6.45, 7) is 0. The third-order valence-electron chi connectivity index (χ3n) is 3.75. The number of halogens is 2. The minimum atomic E-state index is -1.43. The van der Waals surface area contributed by atoms with Crippen LogP contribution in [-0.2, 0) is 10.3 Å². The van der Waals surface area contributed by atoms with Crippen molar-refractivity contribution in [1.29, 1.82) is 5.41 Å². The van der Waals surface area contributed by atoms with E-state index in [0.29, 0.717) is 10.0 Å². The Hall–Kier alpha value is -2.05. The van der Waals surface area contributed by atoms with E-state index in [-0.39, 0.29) is 5.56 Å². The maximum atomic E-state index is 14.6. The van der Waals surface area contributed by atoms with Gasteiger partial charge >= 0.3 is 0 Å². The van der Waals surface area contributed by atoms with Crippen LogP contribution in [0.15, 0.2) is 53.0 Å². The number of carbonyl (C=O) groups excluding carboxylic acids is 1. The van der Waals surface area contributed by atoms with Gasteiger partial charge < -0.3 is 4.90 Å². The average molecular weight is 378 g/mol. The molecule has 23 heavy (non-hydrogen) atoms. The van der Waals surface area contributed by atoms with Crippen LogP contribution in [0, 0.1) is 11.2 Å². The zero-order valence-corrected chi connectivity index (χ0v) is 14.4. The molecule has 1 unspecified atom stereocenters. The molecule has 1 amide bonds. The van der Waals surface area contributed by atoms with Crippen molar-refractivity contribution in [2.24, 2.45) is 0 Å². The van der Waals surface area contributed by atoms with E-state index in [4.69, 9.17) is 5.41 Å². The molecule has 6 heteroatoms. The van der Waals surface area contributed by atoms with Crippen molar-refractivity contribution in [2.45, 2.75) is 5.54 Å². The molecule has 2 rings (SSSR count). The van der Waals surface area contributed by atoms with E-state index in [1.54, 1.807) is 43.4 Å². The van der Waals surface area contributed by atoms with Gasteiger partial charge in [0.05, 0.1) is 6.34 Å². The van der Waals surface area contributed by atoms with Gasteiger partial charge in [-0.05, 0) is 30.8 Å².